The molecule has 1 N–H and O–H groups in total. The van der Waals surface area contributed by atoms with Gasteiger partial charge < -0.3 is 19.3 Å². The van der Waals surface area contributed by atoms with Crippen LogP contribution in [0.25, 0.3) is 28.1 Å². The molecular weight excluding hydrogens is 494 g/mol. The second kappa shape index (κ2) is 10.1. The van der Waals surface area contributed by atoms with Gasteiger partial charge >= 0.3 is 0 Å². The van der Waals surface area contributed by atoms with Crippen LogP contribution in [0.3, 0.4) is 0 Å². The molecule has 0 amide bonds. The molecule has 11 nitrogen and oxygen atoms in total. The second-order valence-corrected chi connectivity index (χ2v) is 11.0. The van der Waals surface area contributed by atoms with Gasteiger partial charge in [0.1, 0.15) is 11.6 Å². The fourth-order valence-corrected chi connectivity index (χ4v) is 6.28. The normalized spacial score (nSPS) is 20.3. The van der Waals surface area contributed by atoms with Gasteiger partial charge in [-0.05, 0) is 25.0 Å². The molecule has 0 aliphatic carbocycles. The molecular formula is C28H37N9O2. The van der Waals surface area contributed by atoms with Crippen molar-refractivity contribution in [2.45, 2.75) is 44.9 Å². The van der Waals surface area contributed by atoms with E-state index in [2.05, 4.69) is 43.9 Å². The van der Waals surface area contributed by atoms with Gasteiger partial charge in [-0.25, -0.2) is 9.97 Å². The Morgan fingerprint density at radius 1 is 0.949 bits per heavy atom. The minimum atomic E-state index is -0.136. The number of fused-ring (bicyclic) bond motifs is 2. The lowest BCUT2D eigenvalue weighted by molar-refractivity contribution is -0.0404. The summed E-state index contributed by atoms with van der Waals surface area (Å²) in [5.74, 6) is 3.47. The molecule has 3 fully saturated rings. The standard InChI is InChI=1S/C28H37N9O2/c1-3-23-29-21-6-4-5-7-22(21)37(23)28-31-26-25(27(32-28)35-12-14-39-15-13-35)30-24(33(26)2)18-34-10-8-19(9-11-34)36-16-20(38)17-36/h4-7,19-20,38H,3,8-18H2,1-2H3. The van der Waals surface area contributed by atoms with Crippen LogP contribution in [-0.4, -0.2) is 109 Å². The van der Waals surface area contributed by atoms with Crippen molar-refractivity contribution in [3.8, 4) is 5.95 Å². The predicted molar refractivity (Wildman–Crippen MR) is 149 cm³/mol. The number of imidazole rings is 2. The summed E-state index contributed by atoms with van der Waals surface area (Å²) in [6.45, 7) is 9.55. The fourth-order valence-electron chi connectivity index (χ4n) is 6.28. The summed E-state index contributed by atoms with van der Waals surface area (Å²) in [4.78, 5) is 27.5. The molecule has 3 aromatic heterocycles. The highest BCUT2D eigenvalue weighted by atomic mass is 16.5. The van der Waals surface area contributed by atoms with Gasteiger partial charge in [-0.15, -0.1) is 0 Å². The van der Waals surface area contributed by atoms with Crippen LogP contribution in [0, 0.1) is 0 Å². The number of β-amino-alcohol motifs (C(OH)–C–C–N with tert-alkyl or cyclic N) is 1. The number of piperidine rings is 1. The number of aryl methyl sites for hydroxylation is 2. The first-order valence-corrected chi connectivity index (χ1v) is 14.3. The van der Waals surface area contributed by atoms with E-state index in [4.69, 9.17) is 24.7 Å². The number of nitrogens with zero attached hydrogens (tertiary/aromatic N) is 9. The number of ether oxygens (including phenoxy) is 1. The highest BCUT2D eigenvalue weighted by Crippen LogP contribution is 2.29. The van der Waals surface area contributed by atoms with Crippen LogP contribution in [0.15, 0.2) is 24.3 Å². The summed E-state index contributed by atoms with van der Waals surface area (Å²) in [5.41, 5.74) is 3.67. The molecule has 0 unspecified atom stereocenters. The number of likely N-dealkylation sites (tertiary alicyclic amines) is 2. The van der Waals surface area contributed by atoms with Crippen molar-refractivity contribution in [3.05, 3.63) is 35.9 Å². The van der Waals surface area contributed by atoms with Crippen molar-refractivity contribution >= 4 is 28.0 Å². The van der Waals surface area contributed by atoms with Crippen LogP contribution in [0.1, 0.15) is 31.4 Å². The Balaban J connectivity index is 1.25. The number of anilines is 1. The molecule has 3 saturated heterocycles. The van der Waals surface area contributed by atoms with E-state index in [1.165, 1.54) is 0 Å². The highest BCUT2D eigenvalue weighted by Gasteiger charge is 2.33. The number of morpholine rings is 1. The molecule has 0 bridgehead atoms. The number of aliphatic hydroxyl groups is 1. The molecule has 3 aliphatic heterocycles. The minimum absolute atomic E-state index is 0.136. The van der Waals surface area contributed by atoms with Crippen molar-refractivity contribution in [1.82, 2.24) is 38.9 Å². The SMILES string of the molecule is CCc1nc2ccccc2n1-c1nc(N2CCOCC2)c2nc(CN3CCC(N4CC(O)C4)CC3)n(C)c2n1. The lowest BCUT2D eigenvalue weighted by atomic mass is 9.98. The molecule has 6 heterocycles. The lowest BCUT2D eigenvalue weighted by Crippen LogP contribution is -2.57. The molecule has 0 radical (unpaired) electrons. The minimum Gasteiger partial charge on any atom is -0.390 e. The maximum atomic E-state index is 9.68. The Labute approximate surface area is 228 Å². The molecule has 0 saturated carbocycles. The third-order valence-electron chi connectivity index (χ3n) is 8.57. The van der Waals surface area contributed by atoms with E-state index < -0.39 is 0 Å². The highest BCUT2D eigenvalue weighted by molar-refractivity contribution is 5.86. The zero-order valence-corrected chi connectivity index (χ0v) is 22.8. The molecule has 206 valence electrons. The number of aromatic nitrogens is 6. The van der Waals surface area contributed by atoms with E-state index in [0.29, 0.717) is 25.2 Å². The number of aliphatic hydroxyl groups excluding tert-OH is 1. The van der Waals surface area contributed by atoms with E-state index in [9.17, 15) is 5.11 Å². The number of benzene rings is 1. The molecule has 0 spiro atoms. The Hall–Kier alpha value is -3.12. The molecule has 0 atom stereocenters. The third kappa shape index (κ3) is 4.47. The molecule has 4 aromatic rings. The Morgan fingerprint density at radius 3 is 2.46 bits per heavy atom. The smallest absolute Gasteiger partial charge is 0.239 e. The quantitative estimate of drug-likeness (QED) is 0.399. The maximum absolute atomic E-state index is 9.68. The average molecular weight is 532 g/mol. The molecule has 3 aliphatic rings. The van der Waals surface area contributed by atoms with Gasteiger partial charge in [0.05, 0.1) is 36.9 Å². The van der Waals surface area contributed by atoms with Crippen molar-refractivity contribution in [2.75, 3.05) is 57.4 Å². The van der Waals surface area contributed by atoms with Crippen LogP contribution in [0.4, 0.5) is 5.82 Å². The number of hydrogen-bond acceptors (Lipinski definition) is 9. The zero-order valence-electron chi connectivity index (χ0n) is 22.8. The van der Waals surface area contributed by atoms with Gasteiger partial charge in [0, 0.05) is 58.8 Å². The van der Waals surface area contributed by atoms with E-state index in [1.807, 2.05) is 18.2 Å². The largest absolute Gasteiger partial charge is 0.390 e. The topological polar surface area (TPSA) is 101 Å². The van der Waals surface area contributed by atoms with Crippen LogP contribution in [0.2, 0.25) is 0 Å². The van der Waals surface area contributed by atoms with Crippen molar-refractivity contribution in [2.24, 2.45) is 7.05 Å². The molecule has 39 heavy (non-hydrogen) atoms. The zero-order chi connectivity index (χ0) is 26.5. The van der Waals surface area contributed by atoms with Crippen LogP contribution in [-0.2, 0) is 24.8 Å². The fraction of sp³-hybridized carbons (Fsp3) is 0.571. The number of rotatable bonds is 6. The lowest BCUT2D eigenvalue weighted by Gasteiger charge is -2.45. The van der Waals surface area contributed by atoms with Gasteiger partial charge in [0.2, 0.25) is 5.95 Å². The van der Waals surface area contributed by atoms with Gasteiger partial charge in [-0.3, -0.25) is 14.4 Å². The van der Waals surface area contributed by atoms with Gasteiger partial charge in [0.15, 0.2) is 17.0 Å². The van der Waals surface area contributed by atoms with E-state index in [-0.39, 0.29) is 6.10 Å². The van der Waals surface area contributed by atoms with E-state index in [0.717, 1.165) is 105 Å². The Morgan fingerprint density at radius 2 is 1.72 bits per heavy atom. The molecule has 1 aromatic carbocycles. The summed E-state index contributed by atoms with van der Waals surface area (Å²) in [6, 6.07) is 8.77. The summed E-state index contributed by atoms with van der Waals surface area (Å²) >= 11 is 0. The first-order valence-electron chi connectivity index (χ1n) is 14.3. The van der Waals surface area contributed by atoms with Gasteiger partial charge in [-0.1, -0.05) is 19.1 Å². The monoisotopic (exact) mass is 531 g/mol. The van der Waals surface area contributed by atoms with Crippen LogP contribution >= 0.6 is 0 Å². The van der Waals surface area contributed by atoms with Crippen molar-refractivity contribution in [1.29, 1.82) is 0 Å². The average Bonchev–Trinajstić information content (AvgIpc) is 3.49. The summed E-state index contributed by atoms with van der Waals surface area (Å²) in [5, 5.41) is 9.68. The second-order valence-electron chi connectivity index (χ2n) is 11.0. The third-order valence-corrected chi connectivity index (χ3v) is 8.57. The summed E-state index contributed by atoms with van der Waals surface area (Å²) in [6.07, 6.45) is 2.91. The summed E-state index contributed by atoms with van der Waals surface area (Å²) in [7, 11) is 2.07. The van der Waals surface area contributed by atoms with Gasteiger partial charge in [-0.2, -0.15) is 9.97 Å². The molecule has 7 rings (SSSR count). The van der Waals surface area contributed by atoms with E-state index in [1.54, 1.807) is 0 Å². The van der Waals surface area contributed by atoms with Crippen molar-refractivity contribution in [3.63, 3.8) is 0 Å². The van der Waals surface area contributed by atoms with Crippen LogP contribution in [0.5, 0.6) is 0 Å². The predicted octanol–water partition coefficient (Wildman–Crippen LogP) is 1.74. The maximum Gasteiger partial charge on any atom is 0.239 e. The Kier molecular flexibility index (Phi) is 6.46. The van der Waals surface area contributed by atoms with Crippen molar-refractivity contribution < 1.29 is 9.84 Å². The molecule has 11 heteroatoms. The number of para-hydroxylation sites is 2. The summed E-state index contributed by atoms with van der Waals surface area (Å²) < 4.78 is 9.90. The number of hydrogen-bond donors (Lipinski definition) is 1. The first-order chi connectivity index (χ1) is 19.1. The first kappa shape index (κ1) is 24.9. The van der Waals surface area contributed by atoms with Crippen LogP contribution < -0.4 is 4.90 Å². The van der Waals surface area contributed by atoms with Gasteiger partial charge in [0.25, 0.3) is 0 Å². The van der Waals surface area contributed by atoms with E-state index >= 15 is 0 Å². The Bertz CT molecular complexity index is 1480.